The van der Waals surface area contributed by atoms with E-state index in [9.17, 15) is 9.59 Å². The summed E-state index contributed by atoms with van der Waals surface area (Å²) >= 11 is 13.0. The van der Waals surface area contributed by atoms with Crippen molar-refractivity contribution in [3.05, 3.63) is 79.6 Å². The van der Waals surface area contributed by atoms with E-state index in [-0.39, 0.29) is 18.0 Å². The van der Waals surface area contributed by atoms with Crippen molar-refractivity contribution >= 4 is 63.3 Å². The van der Waals surface area contributed by atoms with E-state index in [0.29, 0.717) is 37.2 Å². The first-order valence-electron chi connectivity index (χ1n) is 11.6. The van der Waals surface area contributed by atoms with Crippen LogP contribution in [-0.4, -0.2) is 37.6 Å². The fourth-order valence-corrected chi connectivity index (χ4v) is 5.83. The molecule has 0 bridgehead atoms. The van der Waals surface area contributed by atoms with Crippen LogP contribution < -0.4 is 10.5 Å². The number of anilines is 1. The van der Waals surface area contributed by atoms with Gasteiger partial charge in [-0.15, -0.1) is 0 Å². The smallest absolute Gasteiger partial charge is 0.267 e. The van der Waals surface area contributed by atoms with Gasteiger partial charge < -0.3 is 4.90 Å². The first-order chi connectivity index (χ1) is 16.8. The number of fused-ring (bicyclic) bond motifs is 1. The highest BCUT2D eigenvalue weighted by Gasteiger charge is 2.33. The second kappa shape index (κ2) is 9.76. The lowest BCUT2D eigenvalue weighted by Crippen LogP contribution is -2.36. The Labute approximate surface area is 218 Å². The molecule has 2 aliphatic heterocycles. The van der Waals surface area contributed by atoms with Gasteiger partial charge in [-0.25, -0.2) is 4.98 Å². The van der Waals surface area contributed by atoms with Crippen molar-refractivity contribution in [2.24, 2.45) is 5.92 Å². The molecule has 6 nitrogen and oxygen atoms in total. The Morgan fingerprint density at radius 3 is 2.66 bits per heavy atom. The molecule has 5 rings (SSSR count). The number of nitrogens with zero attached hydrogens (tertiary/aromatic N) is 4. The van der Waals surface area contributed by atoms with Crippen LogP contribution in [0.5, 0.6) is 0 Å². The van der Waals surface area contributed by atoms with Gasteiger partial charge in [0.05, 0.1) is 17.0 Å². The van der Waals surface area contributed by atoms with E-state index in [1.807, 2.05) is 37.3 Å². The van der Waals surface area contributed by atoms with Crippen molar-refractivity contribution < 1.29 is 4.79 Å². The third-order valence-electron chi connectivity index (χ3n) is 6.50. The van der Waals surface area contributed by atoms with E-state index in [2.05, 4.69) is 11.8 Å². The van der Waals surface area contributed by atoms with Crippen molar-refractivity contribution in [2.75, 3.05) is 18.0 Å². The number of rotatable bonds is 4. The van der Waals surface area contributed by atoms with Crippen molar-refractivity contribution in [3.63, 3.8) is 0 Å². The SMILES string of the molecule is Cc1ccc2nc(N3CCC(C)CC3)c(/C=C3/SC(=S)N(Cc4ccccc4Cl)C3=O)c(=O)n2c1. The quantitative estimate of drug-likeness (QED) is 0.341. The lowest BCUT2D eigenvalue weighted by atomic mass is 9.99. The molecular weight excluding hydrogens is 500 g/mol. The molecule has 0 spiro atoms. The zero-order chi connectivity index (χ0) is 24.7. The number of carbonyl (C=O) groups excluding carboxylic acids is 1. The second-order valence-corrected chi connectivity index (χ2v) is 11.2. The number of hydrogen-bond donors (Lipinski definition) is 0. The molecule has 0 N–H and O–H groups in total. The second-order valence-electron chi connectivity index (χ2n) is 9.12. The zero-order valence-corrected chi connectivity index (χ0v) is 21.9. The topological polar surface area (TPSA) is 57.9 Å². The number of benzene rings is 1. The normalized spacial score (nSPS) is 18.3. The molecule has 9 heteroatoms. The number of aryl methyl sites for hydroxylation is 1. The summed E-state index contributed by atoms with van der Waals surface area (Å²) in [5.74, 6) is 1.04. The van der Waals surface area contributed by atoms with Crippen LogP contribution in [-0.2, 0) is 11.3 Å². The summed E-state index contributed by atoms with van der Waals surface area (Å²) in [6, 6.07) is 11.2. The van der Waals surface area contributed by atoms with Gasteiger partial charge in [0.1, 0.15) is 15.8 Å². The molecule has 0 unspecified atom stereocenters. The third-order valence-corrected chi connectivity index (χ3v) is 8.25. The lowest BCUT2D eigenvalue weighted by molar-refractivity contribution is -0.122. The minimum Gasteiger partial charge on any atom is -0.356 e. The van der Waals surface area contributed by atoms with Gasteiger partial charge in [0.25, 0.3) is 11.5 Å². The standard InChI is InChI=1S/C26H25ClN4O2S2/c1-16-9-11-29(12-10-16)23-19(24(32)30-14-17(2)7-8-22(30)28-23)13-21-25(33)31(26(34)35-21)15-18-5-3-4-6-20(18)27/h3-8,13-14,16H,9-12,15H2,1-2H3/b21-13+. The number of thioether (sulfide) groups is 1. The van der Waals surface area contributed by atoms with Crippen molar-refractivity contribution in [1.82, 2.24) is 14.3 Å². The number of aromatic nitrogens is 2. The summed E-state index contributed by atoms with van der Waals surface area (Å²) in [6.07, 6.45) is 5.53. The Morgan fingerprint density at radius 2 is 1.91 bits per heavy atom. The zero-order valence-electron chi connectivity index (χ0n) is 19.5. The Kier molecular flexibility index (Phi) is 6.70. The molecular formula is C26H25ClN4O2S2. The van der Waals surface area contributed by atoms with E-state index in [1.165, 1.54) is 16.7 Å². The average Bonchev–Trinajstić information content (AvgIpc) is 3.10. The minimum atomic E-state index is -0.230. The Hall–Kier alpha value is -2.68. The maximum atomic E-state index is 13.7. The minimum absolute atomic E-state index is 0.191. The monoisotopic (exact) mass is 524 g/mol. The van der Waals surface area contributed by atoms with Crippen LogP contribution in [0.15, 0.2) is 52.3 Å². The van der Waals surface area contributed by atoms with E-state index in [0.717, 1.165) is 37.1 Å². The van der Waals surface area contributed by atoms with E-state index >= 15 is 0 Å². The molecule has 1 aromatic carbocycles. The van der Waals surface area contributed by atoms with Crippen LogP contribution in [0, 0.1) is 12.8 Å². The summed E-state index contributed by atoms with van der Waals surface area (Å²) in [6.45, 7) is 6.11. The molecule has 2 saturated heterocycles. The predicted octanol–water partition coefficient (Wildman–Crippen LogP) is 5.29. The summed E-state index contributed by atoms with van der Waals surface area (Å²) in [5, 5.41) is 0.583. The molecule has 2 aliphatic rings. The molecule has 35 heavy (non-hydrogen) atoms. The van der Waals surface area contributed by atoms with Gasteiger partial charge in [0.2, 0.25) is 0 Å². The first-order valence-corrected chi connectivity index (χ1v) is 13.2. The number of carbonyl (C=O) groups is 1. The molecule has 180 valence electrons. The van der Waals surface area contributed by atoms with Crippen LogP contribution >= 0.6 is 35.6 Å². The van der Waals surface area contributed by atoms with Gasteiger partial charge in [-0.1, -0.05) is 66.8 Å². The van der Waals surface area contributed by atoms with Gasteiger partial charge in [0, 0.05) is 24.3 Å². The van der Waals surface area contributed by atoms with E-state index in [1.54, 1.807) is 22.7 Å². The average molecular weight is 525 g/mol. The van der Waals surface area contributed by atoms with Crippen LogP contribution in [0.25, 0.3) is 11.7 Å². The molecule has 0 atom stereocenters. The lowest BCUT2D eigenvalue weighted by Gasteiger charge is -2.32. The van der Waals surface area contributed by atoms with Gasteiger partial charge in [0.15, 0.2) is 0 Å². The van der Waals surface area contributed by atoms with Gasteiger partial charge in [-0.05, 0) is 55.0 Å². The highest BCUT2D eigenvalue weighted by molar-refractivity contribution is 8.26. The molecule has 0 radical (unpaired) electrons. The van der Waals surface area contributed by atoms with Crippen LogP contribution in [0.2, 0.25) is 5.02 Å². The number of pyridine rings is 1. The van der Waals surface area contributed by atoms with E-state index in [4.69, 9.17) is 28.8 Å². The Balaban J connectivity index is 1.57. The molecule has 2 aromatic heterocycles. The van der Waals surface area contributed by atoms with Crippen molar-refractivity contribution in [1.29, 1.82) is 0 Å². The highest BCUT2D eigenvalue weighted by atomic mass is 35.5. The summed E-state index contributed by atoms with van der Waals surface area (Å²) in [4.78, 5) is 36.0. The number of amides is 1. The summed E-state index contributed by atoms with van der Waals surface area (Å²) in [5.41, 5.74) is 2.60. The molecule has 4 heterocycles. The maximum absolute atomic E-state index is 13.7. The van der Waals surface area contributed by atoms with Crippen molar-refractivity contribution in [3.8, 4) is 0 Å². The molecule has 1 amide bonds. The summed E-state index contributed by atoms with van der Waals surface area (Å²) < 4.78 is 2.00. The number of halogens is 1. The first kappa shape index (κ1) is 24.0. The van der Waals surface area contributed by atoms with Gasteiger partial charge in [-0.3, -0.25) is 18.9 Å². The Morgan fingerprint density at radius 1 is 1.17 bits per heavy atom. The van der Waals surface area contributed by atoms with Crippen LogP contribution in [0.4, 0.5) is 5.82 Å². The maximum Gasteiger partial charge on any atom is 0.267 e. The summed E-state index contributed by atoms with van der Waals surface area (Å²) in [7, 11) is 0. The van der Waals surface area contributed by atoms with Crippen molar-refractivity contribution in [2.45, 2.75) is 33.2 Å². The fourth-order valence-electron chi connectivity index (χ4n) is 4.40. The predicted molar refractivity (Wildman–Crippen MR) is 147 cm³/mol. The molecule has 0 saturated carbocycles. The number of piperidine rings is 1. The van der Waals surface area contributed by atoms with Gasteiger partial charge in [-0.2, -0.15) is 0 Å². The van der Waals surface area contributed by atoms with Gasteiger partial charge >= 0.3 is 0 Å². The fraction of sp³-hybridized carbons (Fsp3) is 0.308. The molecule has 0 aliphatic carbocycles. The largest absolute Gasteiger partial charge is 0.356 e. The number of thiocarbonyl (C=S) groups is 1. The number of hydrogen-bond acceptors (Lipinski definition) is 6. The Bertz CT molecular complexity index is 1430. The highest BCUT2D eigenvalue weighted by Crippen LogP contribution is 2.35. The van der Waals surface area contributed by atoms with Crippen LogP contribution in [0.3, 0.4) is 0 Å². The molecule has 3 aromatic rings. The van der Waals surface area contributed by atoms with Crippen LogP contribution in [0.1, 0.15) is 36.5 Å². The molecule has 2 fully saturated rings. The van der Waals surface area contributed by atoms with E-state index < -0.39 is 0 Å². The third kappa shape index (κ3) is 4.75.